The Hall–Kier alpha value is -3.02. The Bertz CT molecular complexity index is 1090. The Morgan fingerprint density at radius 1 is 1.12 bits per heavy atom. The van der Waals surface area contributed by atoms with E-state index in [9.17, 15) is 23.3 Å². The second-order valence-electron chi connectivity index (χ2n) is 8.06. The minimum absolute atomic E-state index is 0.108. The van der Waals surface area contributed by atoms with E-state index in [1.165, 1.54) is 16.4 Å². The summed E-state index contributed by atoms with van der Waals surface area (Å²) in [6.07, 6.45) is 0.141. The van der Waals surface area contributed by atoms with Crippen LogP contribution in [-0.4, -0.2) is 80.2 Å². The van der Waals surface area contributed by atoms with Crippen LogP contribution in [-0.2, 0) is 21.4 Å². The third-order valence-corrected chi connectivity index (χ3v) is 7.50. The van der Waals surface area contributed by atoms with Crippen LogP contribution in [0.2, 0.25) is 0 Å². The van der Waals surface area contributed by atoms with E-state index in [4.69, 9.17) is 0 Å². The molecular formula is C22H29N5O5S. The molecule has 0 aromatic heterocycles. The Labute approximate surface area is 194 Å². The summed E-state index contributed by atoms with van der Waals surface area (Å²) in [5.74, 6) is -0.108. The van der Waals surface area contributed by atoms with Crippen molar-refractivity contribution in [2.75, 3.05) is 52.1 Å². The SMILES string of the molecule is CN1CCN(S(=O)(=O)c2ccc(NCCC(=O)N(C)Cc3ccccc3)c([N+](=O)[O-])c2)CC1. The molecule has 3 rings (SSSR count). The molecule has 0 bridgehead atoms. The Morgan fingerprint density at radius 2 is 1.79 bits per heavy atom. The zero-order chi connectivity index (χ0) is 24.0. The monoisotopic (exact) mass is 475 g/mol. The van der Waals surface area contributed by atoms with Gasteiger partial charge in [-0.25, -0.2) is 8.42 Å². The number of carbonyl (C=O) groups excluding carboxylic acids is 1. The van der Waals surface area contributed by atoms with Gasteiger partial charge in [-0.05, 0) is 24.7 Å². The fraction of sp³-hybridized carbons (Fsp3) is 0.409. The van der Waals surface area contributed by atoms with Crippen LogP contribution in [0.4, 0.5) is 11.4 Å². The molecule has 0 aliphatic carbocycles. The standard InChI is InChI=1S/C22H29N5O5S/c1-24-12-14-26(15-13-24)33(31,32)19-8-9-20(21(16-19)27(29)30)23-11-10-22(28)25(2)17-18-6-4-3-5-7-18/h3-9,16,23H,10-15,17H2,1-2H3. The van der Waals surface area contributed by atoms with Crippen molar-refractivity contribution in [1.29, 1.82) is 0 Å². The largest absolute Gasteiger partial charge is 0.379 e. The molecule has 1 heterocycles. The number of anilines is 1. The maximum Gasteiger partial charge on any atom is 0.293 e. The third kappa shape index (κ3) is 6.28. The second kappa shape index (κ2) is 10.7. The van der Waals surface area contributed by atoms with Gasteiger partial charge in [-0.15, -0.1) is 0 Å². The van der Waals surface area contributed by atoms with Crippen molar-refractivity contribution in [1.82, 2.24) is 14.1 Å². The fourth-order valence-electron chi connectivity index (χ4n) is 3.59. The van der Waals surface area contributed by atoms with Crippen LogP contribution >= 0.6 is 0 Å². The average Bonchev–Trinajstić information content (AvgIpc) is 2.79. The van der Waals surface area contributed by atoms with Crippen LogP contribution in [0.1, 0.15) is 12.0 Å². The number of likely N-dealkylation sites (N-methyl/N-ethyl adjacent to an activating group) is 1. The molecule has 2 aromatic rings. The molecule has 1 N–H and O–H groups in total. The quantitative estimate of drug-likeness (QED) is 0.435. The van der Waals surface area contributed by atoms with Gasteiger partial charge in [-0.3, -0.25) is 14.9 Å². The molecule has 1 aliphatic heterocycles. The Balaban J connectivity index is 1.63. The van der Waals surface area contributed by atoms with Crippen LogP contribution in [0.25, 0.3) is 0 Å². The van der Waals surface area contributed by atoms with Gasteiger partial charge in [-0.2, -0.15) is 4.31 Å². The number of nitro benzene ring substituents is 1. The van der Waals surface area contributed by atoms with E-state index in [-0.39, 0.29) is 35.1 Å². The summed E-state index contributed by atoms with van der Waals surface area (Å²) in [6, 6.07) is 13.4. The van der Waals surface area contributed by atoms with E-state index in [0.717, 1.165) is 11.6 Å². The highest BCUT2D eigenvalue weighted by Crippen LogP contribution is 2.29. The molecule has 10 nitrogen and oxygen atoms in total. The number of hydrogen-bond donors (Lipinski definition) is 1. The van der Waals surface area contributed by atoms with Crippen molar-refractivity contribution in [2.24, 2.45) is 0 Å². The summed E-state index contributed by atoms with van der Waals surface area (Å²) in [6.45, 7) is 2.54. The Morgan fingerprint density at radius 3 is 2.42 bits per heavy atom. The fourth-order valence-corrected chi connectivity index (χ4v) is 5.03. The molecule has 33 heavy (non-hydrogen) atoms. The number of sulfonamides is 1. The summed E-state index contributed by atoms with van der Waals surface area (Å²) >= 11 is 0. The van der Waals surface area contributed by atoms with Crippen molar-refractivity contribution in [2.45, 2.75) is 17.9 Å². The molecule has 1 fully saturated rings. The van der Waals surface area contributed by atoms with Crippen molar-refractivity contribution in [3.8, 4) is 0 Å². The van der Waals surface area contributed by atoms with E-state index in [0.29, 0.717) is 32.7 Å². The molecule has 0 spiro atoms. The van der Waals surface area contributed by atoms with Gasteiger partial charge in [0.2, 0.25) is 15.9 Å². The number of carbonyl (C=O) groups is 1. The first-order valence-electron chi connectivity index (χ1n) is 10.7. The number of nitrogens with zero attached hydrogens (tertiary/aromatic N) is 4. The van der Waals surface area contributed by atoms with E-state index in [2.05, 4.69) is 5.32 Å². The van der Waals surface area contributed by atoms with Crippen molar-refractivity contribution >= 4 is 27.3 Å². The lowest BCUT2D eigenvalue weighted by molar-refractivity contribution is -0.384. The Kier molecular flexibility index (Phi) is 8.01. The highest BCUT2D eigenvalue weighted by Gasteiger charge is 2.29. The number of amides is 1. The van der Waals surface area contributed by atoms with Gasteiger partial charge in [0.1, 0.15) is 5.69 Å². The van der Waals surface area contributed by atoms with E-state index in [1.807, 2.05) is 42.3 Å². The van der Waals surface area contributed by atoms with Crippen molar-refractivity contribution in [3.63, 3.8) is 0 Å². The van der Waals surface area contributed by atoms with Crippen LogP contribution in [0.3, 0.4) is 0 Å². The zero-order valence-electron chi connectivity index (χ0n) is 18.8. The minimum Gasteiger partial charge on any atom is -0.379 e. The first-order chi connectivity index (χ1) is 15.7. The topological polar surface area (TPSA) is 116 Å². The first-order valence-corrected chi connectivity index (χ1v) is 12.1. The molecule has 1 saturated heterocycles. The van der Waals surface area contributed by atoms with E-state index >= 15 is 0 Å². The summed E-state index contributed by atoms with van der Waals surface area (Å²) in [7, 11) is -0.199. The smallest absolute Gasteiger partial charge is 0.293 e. The van der Waals surface area contributed by atoms with Gasteiger partial charge >= 0.3 is 0 Å². The van der Waals surface area contributed by atoms with Gasteiger partial charge in [-0.1, -0.05) is 30.3 Å². The summed E-state index contributed by atoms with van der Waals surface area (Å²) in [5, 5.41) is 14.5. The number of hydrogen-bond acceptors (Lipinski definition) is 7. The first kappa shape index (κ1) is 24.6. The molecule has 1 amide bonds. The van der Waals surface area contributed by atoms with Crippen molar-refractivity contribution in [3.05, 3.63) is 64.2 Å². The molecule has 0 unspecified atom stereocenters. The van der Waals surface area contributed by atoms with Crippen LogP contribution in [0, 0.1) is 10.1 Å². The minimum atomic E-state index is -3.82. The van der Waals surface area contributed by atoms with Crippen LogP contribution in [0.15, 0.2) is 53.4 Å². The molecule has 178 valence electrons. The third-order valence-electron chi connectivity index (χ3n) is 5.61. The highest BCUT2D eigenvalue weighted by molar-refractivity contribution is 7.89. The maximum atomic E-state index is 12.9. The van der Waals surface area contributed by atoms with Gasteiger partial charge < -0.3 is 15.1 Å². The lowest BCUT2D eigenvalue weighted by atomic mass is 10.2. The van der Waals surface area contributed by atoms with Crippen LogP contribution in [0.5, 0.6) is 0 Å². The van der Waals surface area contributed by atoms with Gasteiger partial charge in [0.05, 0.1) is 9.82 Å². The summed E-state index contributed by atoms with van der Waals surface area (Å²) < 4.78 is 27.2. The molecular weight excluding hydrogens is 446 g/mol. The highest BCUT2D eigenvalue weighted by atomic mass is 32.2. The lowest BCUT2D eigenvalue weighted by Crippen LogP contribution is -2.47. The van der Waals surface area contributed by atoms with Gasteiger partial charge in [0.25, 0.3) is 5.69 Å². The number of benzene rings is 2. The predicted octanol–water partition coefficient (Wildman–Crippen LogP) is 1.99. The molecule has 0 atom stereocenters. The molecule has 0 radical (unpaired) electrons. The number of piperazine rings is 1. The normalized spacial score (nSPS) is 15.2. The summed E-state index contributed by atoms with van der Waals surface area (Å²) in [4.78, 5) is 26.9. The maximum absolute atomic E-state index is 12.9. The number of rotatable bonds is 9. The van der Waals surface area contributed by atoms with Gasteiger partial charge in [0.15, 0.2) is 0 Å². The van der Waals surface area contributed by atoms with Crippen LogP contribution < -0.4 is 5.32 Å². The van der Waals surface area contributed by atoms with Crippen molar-refractivity contribution < 1.29 is 18.1 Å². The molecule has 0 saturated carbocycles. The number of nitro groups is 1. The van der Waals surface area contributed by atoms with E-state index < -0.39 is 14.9 Å². The number of nitrogens with one attached hydrogen (secondary N) is 1. The molecule has 11 heteroatoms. The molecule has 1 aliphatic rings. The predicted molar refractivity (Wildman–Crippen MR) is 125 cm³/mol. The second-order valence-corrected chi connectivity index (χ2v) is 9.99. The van der Waals surface area contributed by atoms with E-state index in [1.54, 1.807) is 11.9 Å². The summed E-state index contributed by atoms with van der Waals surface area (Å²) in [5.41, 5.74) is 0.847. The zero-order valence-corrected chi connectivity index (χ0v) is 19.6. The average molecular weight is 476 g/mol. The lowest BCUT2D eigenvalue weighted by Gasteiger charge is -2.31. The van der Waals surface area contributed by atoms with Gasteiger partial charge in [0, 0.05) is 58.8 Å². The molecule has 2 aromatic carbocycles.